The van der Waals surface area contributed by atoms with Crippen molar-refractivity contribution in [3.63, 3.8) is 0 Å². The maximum Gasteiger partial charge on any atom is 0.221 e. The second kappa shape index (κ2) is 7.75. The summed E-state index contributed by atoms with van der Waals surface area (Å²) in [7, 11) is 0. The molecule has 29 heavy (non-hydrogen) atoms. The number of hydrogen-bond acceptors (Lipinski definition) is 6. The summed E-state index contributed by atoms with van der Waals surface area (Å²) in [4.78, 5) is 12.9. The molecule has 0 aliphatic carbocycles. The molecule has 0 saturated heterocycles. The standard InChI is InChI=1S/C21H20FN7/c1-13(2)14-6-7-24-17(9-14)11-29-12-20(27-28-29)19-10-18(25-21(23)26-19)15-4-3-5-16(22)8-15/h3-10,12-13H,11H2,1-2H3,(H2,23,25,26). The van der Waals surface area contributed by atoms with Crippen molar-refractivity contribution in [2.75, 3.05) is 5.73 Å². The van der Waals surface area contributed by atoms with Crippen molar-refractivity contribution < 1.29 is 4.39 Å². The van der Waals surface area contributed by atoms with Gasteiger partial charge in [0.05, 0.1) is 29.8 Å². The molecule has 0 amide bonds. The monoisotopic (exact) mass is 389 g/mol. The number of anilines is 1. The second-order valence-corrected chi connectivity index (χ2v) is 7.04. The van der Waals surface area contributed by atoms with Gasteiger partial charge >= 0.3 is 0 Å². The third-order valence-corrected chi connectivity index (χ3v) is 4.50. The number of nitrogens with two attached hydrogens (primary N) is 1. The molecule has 2 N–H and O–H groups in total. The number of benzene rings is 1. The number of halogens is 1. The second-order valence-electron chi connectivity index (χ2n) is 7.04. The Kier molecular flexibility index (Phi) is 4.99. The molecular formula is C21H20FN7. The van der Waals surface area contributed by atoms with Crippen molar-refractivity contribution in [2.24, 2.45) is 0 Å². The highest BCUT2D eigenvalue weighted by Gasteiger charge is 2.12. The predicted molar refractivity (Wildman–Crippen MR) is 108 cm³/mol. The van der Waals surface area contributed by atoms with Gasteiger partial charge in [-0.15, -0.1) is 5.10 Å². The molecule has 4 rings (SSSR count). The molecule has 0 fully saturated rings. The van der Waals surface area contributed by atoms with E-state index in [1.807, 2.05) is 6.07 Å². The summed E-state index contributed by atoms with van der Waals surface area (Å²) in [6.07, 6.45) is 3.58. The average molecular weight is 389 g/mol. The lowest BCUT2D eigenvalue weighted by molar-refractivity contribution is 0.628. The van der Waals surface area contributed by atoms with E-state index in [2.05, 4.69) is 45.2 Å². The Balaban J connectivity index is 1.62. The molecule has 0 radical (unpaired) electrons. The van der Waals surface area contributed by atoms with Gasteiger partial charge < -0.3 is 5.73 Å². The number of pyridine rings is 1. The Bertz CT molecular complexity index is 1150. The minimum absolute atomic E-state index is 0.0858. The smallest absolute Gasteiger partial charge is 0.221 e. The lowest BCUT2D eigenvalue weighted by atomic mass is 10.0. The van der Waals surface area contributed by atoms with Crippen molar-refractivity contribution in [3.05, 3.63) is 71.9 Å². The van der Waals surface area contributed by atoms with Crippen molar-refractivity contribution in [1.82, 2.24) is 29.9 Å². The molecule has 0 saturated carbocycles. The van der Waals surface area contributed by atoms with Crippen molar-refractivity contribution in [2.45, 2.75) is 26.3 Å². The topological polar surface area (TPSA) is 95.4 Å². The highest BCUT2D eigenvalue weighted by Crippen LogP contribution is 2.24. The van der Waals surface area contributed by atoms with Gasteiger partial charge in [0.1, 0.15) is 11.5 Å². The minimum atomic E-state index is -0.344. The van der Waals surface area contributed by atoms with Gasteiger partial charge in [-0.25, -0.2) is 19.0 Å². The molecule has 146 valence electrons. The summed E-state index contributed by atoms with van der Waals surface area (Å²) in [6.45, 7) is 4.77. The maximum atomic E-state index is 13.6. The molecule has 3 aromatic heterocycles. The Morgan fingerprint density at radius 2 is 1.86 bits per heavy atom. The van der Waals surface area contributed by atoms with Crippen LogP contribution in [0.3, 0.4) is 0 Å². The lowest BCUT2D eigenvalue weighted by Crippen LogP contribution is -2.03. The SMILES string of the molecule is CC(C)c1ccnc(Cn2cc(-c3cc(-c4cccc(F)c4)nc(N)n3)nn2)c1. The number of rotatable bonds is 5. The van der Waals surface area contributed by atoms with Crippen LogP contribution in [0.4, 0.5) is 10.3 Å². The van der Waals surface area contributed by atoms with Crippen LogP contribution in [0, 0.1) is 5.82 Å². The molecule has 0 unspecified atom stereocenters. The van der Waals surface area contributed by atoms with Gasteiger partial charge in [0.15, 0.2) is 0 Å². The van der Waals surface area contributed by atoms with Gasteiger partial charge in [-0.05, 0) is 41.8 Å². The van der Waals surface area contributed by atoms with Gasteiger partial charge in [0.2, 0.25) is 5.95 Å². The van der Waals surface area contributed by atoms with Crippen LogP contribution in [0.15, 0.2) is 54.9 Å². The average Bonchev–Trinajstić information content (AvgIpc) is 3.16. The summed E-state index contributed by atoms with van der Waals surface area (Å²) in [5, 5.41) is 8.37. The third kappa shape index (κ3) is 4.26. The molecule has 0 spiro atoms. The van der Waals surface area contributed by atoms with E-state index in [0.717, 1.165) is 5.69 Å². The van der Waals surface area contributed by atoms with E-state index in [1.165, 1.54) is 17.7 Å². The van der Waals surface area contributed by atoms with Crippen LogP contribution in [-0.2, 0) is 6.54 Å². The Morgan fingerprint density at radius 1 is 1.03 bits per heavy atom. The Morgan fingerprint density at radius 3 is 2.66 bits per heavy atom. The zero-order chi connectivity index (χ0) is 20.4. The Hall–Kier alpha value is -3.68. The van der Waals surface area contributed by atoms with E-state index in [9.17, 15) is 4.39 Å². The molecular weight excluding hydrogens is 369 g/mol. The van der Waals surface area contributed by atoms with Crippen LogP contribution >= 0.6 is 0 Å². The van der Waals surface area contributed by atoms with Gasteiger partial charge in [-0.1, -0.05) is 31.2 Å². The van der Waals surface area contributed by atoms with E-state index in [-0.39, 0.29) is 11.8 Å². The van der Waals surface area contributed by atoms with Crippen LogP contribution in [0.25, 0.3) is 22.6 Å². The molecule has 1 aromatic carbocycles. The highest BCUT2D eigenvalue weighted by molar-refractivity contribution is 5.67. The number of hydrogen-bond donors (Lipinski definition) is 1. The van der Waals surface area contributed by atoms with Gasteiger partial charge in [-0.3, -0.25) is 4.98 Å². The fourth-order valence-corrected chi connectivity index (χ4v) is 2.99. The van der Waals surface area contributed by atoms with Crippen LogP contribution in [0.2, 0.25) is 0 Å². The van der Waals surface area contributed by atoms with Crippen molar-refractivity contribution in [1.29, 1.82) is 0 Å². The van der Waals surface area contributed by atoms with E-state index in [0.29, 0.717) is 35.1 Å². The normalized spacial score (nSPS) is 11.2. The summed E-state index contributed by atoms with van der Waals surface area (Å²) in [5.41, 5.74) is 10.2. The summed E-state index contributed by atoms with van der Waals surface area (Å²) in [5.74, 6) is 0.166. The van der Waals surface area contributed by atoms with Gasteiger partial charge in [0.25, 0.3) is 0 Å². The van der Waals surface area contributed by atoms with E-state index < -0.39 is 0 Å². The molecule has 0 bridgehead atoms. The third-order valence-electron chi connectivity index (χ3n) is 4.50. The first-order valence-electron chi connectivity index (χ1n) is 9.24. The van der Waals surface area contributed by atoms with Crippen molar-refractivity contribution >= 4 is 5.95 Å². The summed E-state index contributed by atoms with van der Waals surface area (Å²) < 4.78 is 15.3. The van der Waals surface area contributed by atoms with E-state index in [4.69, 9.17) is 5.73 Å². The first kappa shape index (κ1) is 18.7. The minimum Gasteiger partial charge on any atom is -0.368 e. The fourth-order valence-electron chi connectivity index (χ4n) is 2.99. The highest BCUT2D eigenvalue weighted by atomic mass is 19.1. The number of aromatic nitrogens is 6. The van der Waals surface area contributed by atoms with Crippen LogP contribution in [-0.4, -0.2) is 29.9 Å². The van der Waals surface area contributed by atoms with Gasteiger partial charge in [-0.2, -0.15) is 0 Å². The molecule has 0 aliphatic heterocycles. The van der Waals surface area contributed by atoms with Crippen molar-refractivity contribution in [3.8, 4) is 22.6 Å². The first-order valence-corrected chi connectivity index (χ1v) is 9.24. The molecule has 4 aromatic rings. The summed E-state index contributed by atoms with van der Waals surface area (Å²) in [6, 6.07) is 12.0. The van der Waals surface area contributed by atoms with E-state index >= 15 is 0 Å². The van der Waals surface area contributed by atoms with Gasteiger partial charge in [0, 0.05) is 11.8 Å². The van der Waals surface area contributed by atoms with Crippen LogP contribution in [0.5, 0.6) is 0 Å². The van der Waals surface area contributed by atoms with Crippen LogP contribution in [0.1, 0.15) is 31.0 Å². The van der Waals surface area contributed by atoms with Crippen LogP contribution < -0.4 is 5.73 Å². The zero-order valence-corrected chi connectivity index (χ0v) is 16.1. The molecule has 0 atom stereocenters. The predicted octanol–water partition coefficient (Wildman–Crippen LogP) is 3.69. The Labute approximate surface area is 167 Å². The lowest BCUT2D eigenvalue weighted by Gasteiger charge is -2.07. The quantitative estimate of drug-likeness (QED) is 0.559. The maximum absolute atomic E-state index is 13.6. The van der Waals surface area contributed by atoms with E-state index in [1.54, 1.807) is 35.3 Å². The number of nitrogens with zero attached hydrogens (tertiary/aromatic N) is 6. The first-order chi connectivity index (χ1) is 14.0. The molecule has 0 aliphatic rings. The molecule has 8 heteroatoms. The fraction of sp³-hybridized carbons (Fsp3) is 0.190. The largest absolute Gasteiger partial charge is 0.368 e. The summed E-state index contributed by atoms with van der Waals surface area (Å²) >= 11 is 0. The molecule has 3 heterocycles. The number of nitrogen functional groups attached to an aromatic ring is 1. The zero-order valence-electron chi connectivity index (χ0n) is 16.1. The molecule has 7 nitrogen and oxygen atoms in total.